The summed E-state index contributed by atoms with van der Waals surface area (Å²) >= 11 is 7.39. The van der Waals surface area contributed by atoms with Gasteiger partial charge in [-0.2, -0.15) is 4.37 Å². The van der Waals surface area contributed by atoms with Crippen LogP contribution in [0.25, 0.3) is 0 Å². The van der Waals surface area contributed by atoms with Gasteiger partial charge in [-0.15, -0.1) is 0 Å². The molecule has 138 valence electrons. The summed E-state index contributed by atoms with van der Waals surface area (Å²) in [6.07, 6.45) is 5.06. The molecule has 1 saturated carbocycles. The minimum atomic E-state index is 0.286. The van der Waals surface area contributed by atoms with Crippen LogP contribution < -0.4 is 4.90 Å². The predicted octanol–water partition coefficient (Wildman–Crippen LogP) is 3.62. The SMILES string of the molecule is O=C(C1CCC1)N1CCCN(c2nc(Cc3ccc(Cl)cc3)ns2)CC1. The van der Waals surface area contributed by atoms with Gasteiger partial charge in [-0.05, 0) is 37.0 Å². The standard InChI is InChI=1S/C19H23ClN4OS/c20-16-7-5-14(6-8-16)13-17-21-19(26-22-17)24-10-2-9-23(11-12-24)18(25)15-3-1-4-15/h5-8,15H,1-4,9-13H2. The summed E-state index contributed by atoms with van der Waals surface area (Å²) < 4.78 is 4.52. The number of halogens is 1. The molecule has 1 aromatic heterocycles. The summed E-state index contributed by atoms with van der Waals surface area (Å²) in [7, 11) is 0. The van der Waals surface area contributed by atoms with Gasteiger partial charge >= 0.3 is 0 Å². The van der Waals surface area contributed by atoms with E-state index in [4.69, 9.17) is 16.6 Å². The van der Waals surface area contributed by atoms with Gasteiger partial charge in [0, 0.05) is 55.1 Å². The maximum absolute atomic E-state index is 12.5. The van der Waals surface area contributed by atoms with Gasteiger partial charge in [0.15, 0.2) is 0 Å². The van der Waals surface area contributed by atoms with E-state index in [-0.39, 0.29) is 5.92 Å². The van der Waals surface area contributed by atoms with Crippen LogP contribution in [0, 0.1) is 5.92 Å². The van der Waals surface area contributed by atoms with Crippen molar-refractivity contribution in [3.05, 3.63) is 40.7 Å². The van der Waals surface area contributed by atoms with Crippen LogP contribution in [-0.4, -0.2) is 46.3 Å². The maximum atomic E-state index is 12.5. The zero-order valence-corrected chi connectivity index (χ0v) is 16.3. The van der Waals surface area contributed by atoms with Crippen molar-refractivity contribution in [1.29, 1.82) is 0 Å². The smallest absolute Gasteiger partial charge is 0.225 e. The second-order valence-corrected chi connectivity index (χ2v) is 8.26. The van der Waals surface area contributed by atoms with E-state index < -0.39 is 0 Å². The molecule has 0 N–H and O–H groups in total. The highest BCUT2D eigenvalue weighted by atomic mass is 35.5. The molecule has 0 bridgehead atoms. The van der Waals surface area contributed by atoms with Crippen molar-refractivity contribution in [2.75, 3.05) is 31.1 Å². The lowest BCUT2D eigenvalue weighted by molar-refractivity contribution is -0.137. The topological polar surface area (TPSA) is 49.3 Å². The lowest BCUT2D eigenvalue weighted by Crippen LogP contribution is -2.41. The Hall–Kier alpha value is -1.66. The van der Waals surface area contributed by atoms with Crippen molar-refractivity contribution in [1.82, 2.24) is 14.3 Å². The van der Waals surface area contributed by atoms with Crippen molar-refractivity contribution in [2.45, 2.75) is 32.1 Å². The molecule has 2 fully saturated rings. The summed E-state index contributed by atoms with van der Waals surface area (Å²) in [5.41, 5.74) is 1.16. The van der Waals surface area contributed by atoms with Gasteiger partial charge in [0.25, 0.3) is 0 Å². The van der Waals surface area contributed by atoms with Crippen LogP contribution in [0.4, 0.5) is 5.13 Å². The minimum absolute atomic E-state index is 0.286. The number of carbonyl (C=O) groups is 1. The molecule has 2 aromatic rings. The van der Waals surface area contributed by atoms with Crippen molar-refractivity contribution in [2.24, 2.45) is 5.92 Å². The predicted molar refractivity (Wildman–Crippen MR) is 105 cm³/mol. The fraction of sp³-hybridized carbons (Fsp3) is 0.526. The van der Waals surface area contributed by atoms with E-state index in [1.807, 2.05) is 24.3 Å². The van der Waals surface area contributed by atoms with Crippen LogP contribution in [0.5, 0.6) is 0 Å². The molecule has 0 unspecified atom stereocenters. The Labute approximate surface area is 163 Å². The van der Waals surface area contributed by atoms with Crippen LogP contribution in [0.1, 0.15) is 37.1 Å². The zero-order chi connectivity index (χ0) is 17.9. The van der Waals surface area contributed by atoms with E-state index in [9.17, 15) is 4.79 Å². The van der Waals surface area contributed by atoms with Crippen LogP contribution in [0.15, 0.2) is 24.3 Å². The molecule has 0 spiro atoms. The Morgan fingerprint density at radius 3 is 2.65 bits per heavy atom. The molecule has 26 heavy (non-hydrogen) atoms. The van der Waals surface area contributed by atoms with E-state index in [0.29, 0.717) is 12.3 Å². The lowest BCUT2D eigenvalue weighted by atomic mass is 9.84. The average molecular weight is 391 g/mol. The van der Waals surface area contributed by atoms with Crippen LogP contribution in [0.2, 0.25) is 5.02 Å². The van der Waals surface area contributed by atoms with Crippen LogP contribution in [0.3, 0.4) is 0 Å². The number of hydrogen-bond acceptors (Lipinski definition) is 5. The molecule has 0 atom stereocenters. The van der Waals surface area contributed by atoms with Crippen molar-refractivity contribution in [3.63, 3.8) is 0 Å². The summed E-state index contributed by atoms with van der Waals surface area (Å²) in [5, 5.41) is 1.71. The van der Waals surface area contributed by atoms with Gasteiger partial charge in [0.1, 0.15) is 5.82 Å². The van der Waals surface area contributed by atoms with Gasteiger partial charge in [-0.1, -0.05) is 30.2 Å². The highest BCUT2D eigenvalue weighted by Gasteiger charge is 2.30. The fourth-order valence-corrected chi connectivity index (χ4v) is 4.33. The molecule has 2 aliphatic rings. The maximum Gasteiger partial charge on any atom is 0.225 e. The fourth-order valence-electron chi connectivity index (χ4n) is 3.47. The van der Waals surface area contributed by atoms with E-state index in [1.165, 1.54) is 18.0 Å². The first-order valence-corrected chi connectivity index (χ1v) is 10.4. The number of amides is 1. The highest BCUT2D eigenvalue weighted by Crippen LogP contribution is 2.29. The Morgan fingerprint density at radius 1 is 1.12 bits per heavy atom. The van der Waals surface area contributed by atoms with E-state index in [0.717, 1.165) is 67.0 Å². The zero-order valence-electron chi connectivity index (χ0n) is 14.7. The number of benzene rings is 1. The Bertz CT molecular complexity index is 759. The largest absolute Gasteiger partial charge is 0.345 e. The number of aromatic nitrogens is 2. The van der Waals surface area contributed by atoms with Crippen molar-refractivity contribution >= 4 is 34.2 Å². The van der Waals surface area contributed by atoms with Crippen LogP contribution >= 0.6 is 23.1 Å². The monoisotopic (exact) mass is 390 g/mol. The average Bonchev–Trinajstić information content (AvgIpc) is 2.90. The third-order valence-corrected chi connectivity index (χ3v) is 6.33. The second-order valence-electron chi connectivity index (χ2n) is 7.09. The number of carbonyl (C=O) groups excluding carboxylic acids is 1. The third kappa shape index (κ3) is 4.01. The Kier molecular flexibility index (Phi) is 5.41. The van der Waals surface area contributed by atoms with Gasteiger partial charge in [0.05, 0.1) is 0 Å². The Morgan fingerprint density at radius 2 is 1.92 bits per heavy atom. The molecule has 1 amide bonds. The quantitative estimate of drug-likeness (QED) is 0.800. The summed E-state index contributed by atoms with van der Waals surface area (Å²) in [5.74, 6) is 1.49. The number of hydrogen-bond donors (Lipinski definition) is 0. The summed E-state index contributed by atoms with van der Waals surface area (Å²) in [4.78, 5) is 21.5. The first-order chi connectivity index (χ1) is 12.7. The normalized spacial score (nSPS) is 18.5. The number of nitrogens with zero attached hydrogens (tertiary/aromatic N) is 4. The molecular formula is C19H23ClN4OS. The molecule has 0 radical (unpaired) electrons. The second kappa shape index (κ2) is 7.92. The van der Waals surface area contributed by atoms with Gasteiger partial charge in [-0.25, -0.2) is 4.98 Å². The first-order valence-electron chi connectivity index (χ1n) is 9.30. The molecular weight excluding hydrogens is 368 g/mol. The molecule has 1 saturated heterocycles. The van der Waals surface area contributed by atoms with Crippen LogP contribution in [-0.2, 0) is 11.2 Å². The van der Waals surface area contributed by atoms with E-state index in [1.54, 1.807) is 0 Å². The van der Waals surface area contributed by atoms with Crippen molar-refractivity contribution < 1.29 is 4.79 Å². The van der Waals surface area contributed by atoms with Gasteiger partial charge < -0.3 is 9.80 Å². The number of rotatable bonds is 4. The van der Waals surface area contributed by atoms with Gasteiger partial charge in [0.2, 0.25) is 11.0 Å². The summed E-state index contributed by atoms with van der Waals surface area (Å²) in [6, 6.07) is 7.82. The number of anilines is 1. The minimum Gasteiger partial charge on any atom is -0.345 e. The Balaban J connectivity index is 1.36. The summed E-state index contributed by atoms with van der Waals surface area (Å²) in [6.45, 7) is 3.43. The third-order valence-electron chi connectivity index (χ3n) is 5.27. The molecule has 1 aliphatic carbocycles. The van der Waals surface area contributed by atoms with Gasteiger partial charge in [-0.3, -0.25) is 4.79 Å². The van der Waals surface area contributed by atoms with E-state index in [2.05, 4.69) is 14.2 Å². The molecule has 4 rings (SSSR count). The van der Waals surface area contributed by atoms with Crippen molar-refractivity contribution in [3.8, 4) is 0 Å². The molecule has 7 heteroatoms. The van der Waals surface area contributed by atoms with E-state index >= 15 is 0 Å². The lowest BCUT2D eigenvalue weighted by Gasteiger charge is -2.30. The molecule has 5 nitrogen and oxygen atoms in total. The first kappa shape index (κ1) is 17.7. The molecule has 1 aromatic carbocycles. The molecule has 1 aliphatic heterocycles. The molecule has 2 heterocycles. The highest BCUT2D eigenvalue weighted by molar-refractivity contribution is 7.09.